The molecule has 0 bridgehead atoms. The molecule has 9 nitrogen and oxygen atoms in total. The molecule has 1 aliphatic heterocycles. The Balaban J connectivity index is 1.36. The summed E-state index contributed by atoms with van der Waals surface area (Å²) in [5.74, 6) is 0.561. The first-order chi connectivity index (χ1) is 17.6. The van der Waals surface area contributed by atoms with Crippen molar-refractivity contribution in [3.8, 4) is 5.88 Å². The predicted octanol–water partition coefficient (Wildman–Crippen LogP) is 6.13. The van der Waals surface area contributed by atoms with Crippen LogP contribution in [0.25, 0.3) is 11.0 Å². The summed E-state index contributed by atoms with van der Waals surface area (Å²) in [5.41, 5.74) is 4.77. The Kier molecular flexibility index (Phi) is 5.80. The minimum Gasteiger partial charge on any atom is -0.453 e. The fourth-order valence-corrected chi connectivity index (χ4v) is 5.57. The van der Waals surface area contributed by atoms with Crippen LogP contribution >= 0.6 is 11.8 Å². The molecule has 0 radical (unpaired) electrons. The van der Waals surface area contributed by atoms with Gasteiger partial charge in [-0.05, 0) is 62.2 Å². The Morgan fingerprint density at radius 1 is 1.19 bits per heavy atom. The van der Waals surface area contributed by atoms with E-state index in [1.54, 1.807) is 13.1 Å². The summed E-state index contributed by atoms with van der Waals surface area (Å²) in [6.07, 6.45) is 3.89. The second kappa shape index (κ2) is 9.27. The zero-order chi connectivity index (χ0) is 24.6. The molecule has 4 heterocycles. The number of rotatable bonds is 5. The average molecular weight is 505 g/mol. The lowest BCUT2D eigenvalue weighted by Gasteiger charge is -2.27. The van der Waals surface area contributed by atoms with Gasteiger partial charge in [0.05, 0.1) is 23.6 Å². The van der Waals surface area contributed by atoms with Crippen molar-refractivity contribution < 1.29 is 23.5 Å². The molecule has 4 aromatic rings. The third-order valence-electron chi connectivity index (χ3n) is 6.36. The number of aromatic amines is 2. The summed E-state index contributed by atoms with van der Waals surface area (Å²) in [6.45, 7) is 1.92. The number of H-pyrrole nitrogens is 2. The molecule has 0 fully saturated rings. The summed E-state index contributed by atoms with van der Waals surface area (Å²) >= 11 is 1.39. The van der Waals surface area contributed by atoms with Crippen LogP contribution in [0.1, 0.15) is 49.8 Å². The number of anilines is 1. The van der Waals surface area contributed by atoms with E-state index in [0.29, 0.717) is 28.5 Å². The number of carbonyl (C=O) groups is 2. The highest BCUT2D eigenvalue weighted by atomic mass is 32.2. The Labute approximate surface area is 210 Å². The van der Waals surface area contributed by atoms with Crippen LogP contribution < -0.4 is 10.1 Å². The highest BCUT2D eigenvalue weighted by molar-refractivity contribution is 7.99. The van der Waals surface area contributed by atoms with Crippen molar-refractivity contribution in [1.29, 1.82) is 0 Å². The van der Waals surface area contributed by atoms with Crippen molar-refractivity contribution in [1.82, 2.24) is 15.0 Å². The van der Waals surface area contributed by atoms with E-state index in [-0.39, 0.29) is 18.3 Å². The quantitative estimate of drug-likeness (QED) is 0.278. The Bertz CT molecular complexity index is 1460. The van der Waals surface area contributed by atoms with E-state index in [4.69, 9.17) is 13.9 Å². The van der Waals surface area contributed by atoms with Crippen molar-refractivity contribution >= 4 is 40.4 Å². The normalized spacial score (nSPS) is 17.4. The van der Waals surface area contributed by atoms with Crippen molar-refractivity contribution in [2.24, 2.45) is 0 Å². The van der Waals surface area contributed by atoms with Gasteiger partial charge in [-0.25, -0.2) is 9.78 Å². The lowest BCUT2D eigenvalue weighted by atomic mass is 9.83. The lowest BCUT2D eigenvalue weighted by Crippen LogP contribution is -2.22. The topological polar surface area (TPSA) is 122 Å². The number of hydrogen-bond acceptors (Lipinski definition) is 8. The van der Waals surface area contributed by atoms with E-state index in [9.17, 15) is 9.59 Å². The van der Waals surface area contributed by atoms with Gasteiger partial charge in [0.15, 0.2) is 16.0 Å². The van der Waals surface area contributed by atoms with Crippen LogP contribution in [-0.4, -0.2) is 33.5 Å². The van der Waals surface area contributed by atoms with Crippen LogP contribution in [0.3, 0.4) is 0 Å². The molecule has 36 heavy (non-hydrogen) atoms. The van der Waals surface area contributed by atoms with Gasteiger partial charge in [0.1, 0.15) is 11.4 Å². The number of nitrogens with one attached hydrogen (secondary N) is 3. The molecular weight excluding hydrogens is 480 g/mol. The Morgan fingerprint density at radius 2 is 2.06 bits per heavy atom. The number of benzene rings is 1. The number of furan rings is 1. The number of allylic oxidation sites excluding steroid dienone is 2. The van der Waals surface area contributed by atoms with Gasteiger partial charge in [0, 0.05) is 29.5 Å². The van der Waals surface area contributed by atoms with E-state index in [1.165, 1.54) is 11.8 Å². The fraction of sp³-hybridized carbons (Fsp3) is 0.269. The molecular formula is C26H24N4O5S. The number of hydrogen-bond donors (Lipinski definition) is 3. The Morgan fingerprint density at radius 3 is 2.92 bits per heavy atom. The van der Waals surface area contributed by atoms with Crippen LogP contribution in [0.4, 0.5) is 10.5 Å². The standard InChI is InChI=1S/C26H24N4O5S/c1-2-33-26(32)35-24-23-14(13-27-24)21(22-17(28-23)9-5-6-10-18(22)31)19-11-12-20(34-19)36-25-29-15-7-3-4-8-16(15)30-25/h3-4,7-8,11-13,21,27-28H,2,5-6,9-10H2,1H3,(H,29,30). The summed E-state index contributed by atoms with van der Waals surface area (Å²) < 4.78 is 16.6. The number of para-hydroxylation sites is 2. The van der Waals surface area contributed by atoms with Gasteiger partial charge in [-0.15, -0.1) is 0 Å². The maximum atomic E-state index is 13.2. The highest BCUT2D eigenvalue weighted by Gasteiger charge is 2.38. The van der Waals surface area contributed by atoms with Crippen LogP contribution in [0.15, 0.2) is 68.5 Å². The number of imidazole rings is 1. The molecule has 1 aliphatic carbocycles. The number of ketones is 1. The van der Waals surface area contributed by atoms with E-state index < -0.39 is 12.1 Å². The van der Waals surface area contributed by atoms with Gasteiger partial charge in [-0.1, -0.05) is 12.1 Å². The summed E-state index contributed by atoms with van der Waals surface area (Å²) in [7, 11) is 0. The van der Waals surface area contributed by atoms with E-state index >= 15 is 0 Å². The fourth-order valence-electron chi connectivity index (χ4n) is 4.80. The number of nitrogens with zero attached hydrogens (tertiary/aromatic N) is 1. The first-order valence-electron chi connectivity index (χ1n) is 11.9. The molecule has 1 aromatic carbocycles. The summed E-state index contributed by atoms with van der Waals surface area (Å²) in [6, 6.07) is 11.6. The van der Waals surface area contributed by atoms with Crippen molar-refractivity contribution in [2.45, 2.75) is 48.8 Å². The molecule has 1 unspecified atom stereocenters. The van der Waals surface area contributed by atoms with Crippen molar-refractivity contribution in [3.05, 3.63) is 65.2 Å². The molecule has 0 saturated heterocycles. The van der Waals surface area contributed by atoms with Crippen LogP contribution in [0.2, 0.25) is 0 Å². The molecule has 3 N–H and O–H groups in total. The first kappa shape index (κ1) is 22.5. The zero-order valence-corrected chi connectivity index (χ0v) is 20.4. The second-order valence-electron chi connectivity index (χ2n) is 8.63. The predicted molar refractivity (Wildman–Crippen MR) is 133 cm³/mol. The monoisotopic (exact) mass is 504 g/mol. The van der Waals surface area contributed by atoms with E-state index in [1.807, 2.05) is 36.4 Å². The molecule has 0 spiro atoms. The summed E-state index contributed by atoms with van der Waals surface area (Å²) in [4.78, 5) is 36.2. The smallest absolute Gasteiger partial charge is 0.453 e. The molecule has 184 valence electrons. The van der Waals surface area contributed by atoms with Gasteiger partial charge in [-0.3, -0.25) is 4.79 Å². The SMILES string of the molecule is CCOC(=O)Oc1[nH]cc2c1NC1=C(C(=O)CCCC1)C2c1ccc(Sc2nc3ccccc3[nH]2)o1. The van der Waals surface area contributed by atoms with Crippen LogP contribution in [0.5, 0.6) is 5.88 Å². The van der Waals surface area contributed by atoms with Crippen LogP contribution in [-0.2, 0) is 9.53 Å². The molecule has 1 atom stereocenters. The number of aromatic nitrogens is 3. The largest absolute Gasteiger partial charge is 0.515 e. The second-order valence-corrected chi connectivity index (χ2v) is 9.62. The van der Waals surface area contributed by atoms with E-state index in [2.05, 4.69) is 20.3 Å². The molecule has 3 aromatic heterocycles. The van der Waals surface area contributed by atoms with Gasteiger partial charge in [0.2, 0.25) is 5.88 Å². The highest BCUT2D eigenvalue weighted by Crippen LogP contribution is 2.49. The minimum absolute atomic E-state index is 0.0996. The molecule has 6 rings (SSSR count). The number of Topliss-reactive ketones (excluding diaryl/α,β-unsaturated/α-hetero) is 1. The minimum atomic E-state index is -0.792. The van der Waals surface area contributed by atoms with Crippen LogP contribution in [0, 0.1) is 0 Å². The molecule has 10 heteroatoms. The number of ether oxygens (including phenoxy) is 2. The Hall–Kier alpha value is -3.92. The third kappa shape index (κ3) is 4.07. The lowest BCUT2D eigenvalue weighted by molar-refractivity contribution is -0.115. The number of fused-ring (bicyclic) bond motifs is 2. The first-order valence-corrected chi connectivity index (χ1v) is 12.7. The average Bonchev–Trinajstić information content (AvgIpc) is 3.56. The van der Waals surface area contributed by atoms with Gasteiger partial charge in [0.25, 0.3) is 0 Å². The molecule has 0 amide bonds. The number of carbonyl (C=O) groups excluding carboxylic acids is 2. The van der Waals surface area contributed by atoms with E-state index in [0.717, 1.165) is 46.7 Å². The van der Waals surface area contributed by atoms with Crippen molar-refractivity contribution in [2.75, 3.05) is 11.9 Å². The maximum absolute atomic E-state index is 13.2. The third-order valence-corrected chi connectivity index (χ3v) is 7.16. The van der Waals surface area contributed by atoms with Gasteiger partial charge in [-0.2, -0.15) is 0 Å². The maximum Gasteiger partial charge on any atom is 0.515 e. The van der Waals surface area contributed by atoms with Gasteiger partial charge < -0.3 is 29.2 Å². The summed E-state index contributed by atoms with van der Waals surface area (Å²) in [5, 5.41) is 4.74. The zero-order valence-electron chi connectivity index (χ0n) is 19.6. The van der Waals surface area contributed by atoms with Crippen molar-refractivity contribution in [3.63, 3.8) is 0 Å². The molecule has 0 saturated carbocycles. The van der Waals surface area contributed by atoms with Gasteiger partial charge >= 0.3 is 6.16 Å². The molecule has 2 aliphatic rings.